The van der Waals surface area contributed by atoms with Crippen LogP contribution in [-0.4, -0.2) is 15.0 Å². The quantitative estimate of drug-likeness (QED) is 0.179. The highest BCUT2D eigenvalue weighted by atomic mass is 16.3. The molecule has 0 atom stereocenters. The zero-order valence-corrected chi connectivity index (χ0v) is 28.2. The minimum absolute atomic E-state index is 0.00351. The number of aromatic nitrogens is 3. The summed E-state index contributed by atoms with van der Waals surface area (Å²) in [7, 11) is 0. The summed E-state index contributed by atoms with van der Waals surface area (Å²) in [5.41, 5.74) is 5.95. The van der Waals surface area contributed by atoms with Crippen molar-refractivity contribution in [2.24, 2.45) is 0 Å². The fourth-order valence-electron chi connectivity index (χ4n) is 7.10. The molecular weight excluding hydrogens is 663 g/mol. The van der Waals surface area contributed by atoms with Gasteiger partial charge in [0.1, 0.15) is 22.3 Å². The molecule has 11 rings (SSSR count). The summed E-state index contributed by atoms with van der Waals surface area (Å²) in [5.74, 6) is 1.22. The molecule has 0 unspecified atom stereocenters. The first-order valence-corrected chi connectivity index (χ1v) is 17.3. The molecule has 0 N–H and O–H groups in total. The molecule has 0 aliphatic rings. The van der Waals surface area contributed by atoms with E-state index >= 15 is 0 Å². The molecule has 0 bridgehead atoms. The van der Waals surface area contributed by atoms with Crippen molar-refractivity contribution < 1.29 is 21.2 Å². The summed E-state index contributed by atoms with van der Waals surface area (Å²) in [5, 5.41) is 1.64. The second-order valence-electron chi connectivity index (χ2n) is 12.9. The molecule has 0 saturated carbocycles. The van der Waals surface area contributed by atoms with E-state index in [1.807, 2.05) is 78.9 Å². The lowest BCUT2D eigenvalue weighted by atomic mass is 9.97. The summed E-state index contributed by atoms with van der Waals surface area (Å²) in [6.45, 7) is 0. The fraction of sp³-hybridized carbons (Fsp3) is 0. The monoisotopic (exact) mass is 700 g/mol. The summed E-state index contributed by atoms with van der Waals surface area (Å²) < 4.78 is 91.1. The van der Waals surface area contributed by atoms with Gasteiger partial charge in [0, 0.05) is 49.2 Å². The van der Waals surface area contributed by atoms with Gasteiger partial charge in [-0.3, -0.25) is 0 Å². The van der Waals surface area contributed by atoms with Crippen LogP contribution in [0.5, 0.6) is 0 Å². The van der Waals surface area contributed by atoms with Gasteiger partial charge in [-0.15, -0.1) is 0 Å². The molecule has 0 fully saturated rings. The predicted octanol–water partition coefficient (Wildman–Crippen LogP) is 13.2. The van der Waals surface area contributed by atoms with Gasteiger partial charge in [0.2, 0.25) is 0 Å². The van der Waals surface area contributed by atoms with Gasteiger partial charge in [-0.25, -0.2) is 15.0 Å². The van der Waals surface area contributed by atoms with Crippen LogP contribution < -0.4 is 0 Å². The van der Waals surface area contributed by atoms with Gasteiger partial charge in [0.25, 0.3) is 0 Å². The minimum atomic E-state index is -0.551. The number of rotatable bonds is 5. The summed E-state index contributed by atoms with van der Waals surface area (Å²) in [6.07, 6.45) is 0. The van der Waals surface area contributed by atoms with Gasteiger partial charge in [0.05, 0.1) is 12.3 Å². The first-order chi connectivity index (χ1) is 30.5. The molecular formula is C49H29N3O2. The Morgan fingerprint density at radius 1 is 0.389 bits per heavy atom. The number of fused-ring (bicyclic) bond motifs is 8. The molecule has 0 aliphatic heterocycles. The maximum absolute atomic E-state index is 9.05. The topological polar surface area (TPSA) is 65.0 Å². The molecule has 3 heterocycles. The van der Waals surface area contributed by atoms with Gasteiger partial charge in [-0.2, -0.15) is 0 Å². The highest BCUT2D eigenvalue weighted by Crippen LogP contribution is 2.41. The zero-order valence-electron chi connectivity index (χ0n) is 37.2. The maximum atomic E-state index is 9.05. The fourth-order valence-corrected chi connectivity index (χ4v) is 7.10. The van der Waals surface area contributed by atoms with Gasteiger partial charge in [0.15, 0.2) is 17.5 Å². The second kappa shape index (κ2) is 12.1. The largest absolute Gasteiger partial charge is 0.456 e. The van der Waals surface area contributed by atoms with E-state index in [1.165, 1.54) is 0 Å². The van der Waals surface area contributed by atoms with E-state index in [0.29, 0.717) is 39.7 Å². The Morgan fingerprint density at radius 3 is 1.80 bits per heavy atom. The lowest BCUT2D eigenvalue weighted by Gasteiger charge is -2.11. The third-order valence-corrected chi connectivity index (χ3v) is 9.66. The smallest absolute Gasteiger partial charge is 0.164 e. The van der Waals surface area contributed by atoms with E-state index in [4.69, 9.17) is 36.1 Å². The molecule has 5 heteroatoms. The molecule has 252 valence electrons. The average Bonchev–Trinajstić information content (AvgIpc) is 3.90. The predicted molar refractivity (Wildman–Crippen MR) is 219 cm³/mol. The molecule has 0 saturated heterocycles. The lowest BCUT2D eigenvalue weighted by molar-refractivity contribution is 0.669. The molecule has 5 nitrogen and oxygen atoms in total. The molecule has 3 aromatic heterocycles. The molecule has 0 radical (unpaired) electrons. The number of hydrogen-bond acceptors (Lipinski definition) is 5. The molecule has 11 aromatic rings. The van der Waals surface area contributed by atoms with Crippen LogP contribution in [-0.2, 0) is 0 Å². The Balaban J connectivity index is 1.10. The number of para-hydroxylation sites is 2. The molecule has 0 aliphatic carbocycles. The highest BCUT2D eigenvalue weighted by Gasteiger charge is 2.19. The SMILES string of the molecule is [2H]c1c([2H])c([2H])c2c(oc3c4c([2H])c([2H])c([2H])c([2H])c4c([2H])c([2H])c32)c1-c1ccc(-c2nc(-c3ccccc3)nc(-c3cc(-c4ccccc4)c4c(c3)oc3ccccc34)n2)cc1. The third kappa shape index (κ3) is 4.90. The standard InChI is InChI=1S/C49H29N3O2/c1-3-12-30(13-4-1)41-28-35(29-43-44(41)40-18-9-10-21-42(40)53-43)49-51-47(33-15-5-2-6-16-33)50-48(52-49)34-24-22-32(23-25-34)37-19-11-20-38-39-27-26-31-14-7-8-17-36(31)46(39)54-45(37)38/h1-29H/i7D,8D,11D,14D,17D,19D,20D,26D,27D. The number of nitrogens with zero attached hydrogens (tertiary/aromatic N) is 3. The van der Waals surface area contributed by atoms with Crippen LogP contribution in [0.2, 0.25) is 0 Å². The number of hydrogen-bond donors (Lipinski definition) is 0. The van der Waals surface area contributed by atoms with Crippen molar-refractivity contribution >= 4 is 54.6 Å². The molecule has 0 amide bonds. The van der Waals surface area contributed by atoms with Crippen LogP contribution in [0.4, 0.5) is 0 Å². The highest BCUT2D eigenvalue weighted by molar-refractivity contribution is 6.17. The molecule has 0 spiro atoms. The van der Waals surface area contributed by atoms with E-state index < -0.39 is 48.3 Å². The van der Waals surface area contributed by atoms with Crippen molar-refractivity contribution in [1.29, 1.82) is 0 Å². The van der Waals surface area contributed by atoms with E-state index in [0.717, 1.165) is 33.0 Å². The zero-order chi connectivity index (χ0) is 43.4. The number of furan rings is 2. The minimum Gasteiger partial charge on any atom is -0.456 e. The maximum Gasteiger partial charge on any atom is 0.164 e. The van der Waals surface area contributed by atoms with E-state index in [2.05, 4.69) is 18.2 Å². The lowest BCUT2D eigenvalue weighted by Crippen LogP contribution is -2.00. The van der Waals surface area contributed by atoms with Crippen molar-refractivity contribution in [3.8, 4) is 56.4 Å². The van der Waals surface area contributed by atoms with Crippen molar-refractivity contribution in [2.75, 3.05) is 0 Å². The van der Waals surface area contributed by atoms with Crippen LogP contribution in [0.25, 0.3) is 111 Å². The van der Waals surface area contributed by atoms with Crippen molar-refractivity contribution in [3.05, 3.63) is 176 Å². The van der Waals surface area contributed by atoms with E-state index in [1.54, 1.807) is 24.3 Å². The van der Waals surface area contributed by atoms with Crippen molar-refractivity contribution in [1.82, 2.24) is 15.0 Å². The van der Waals surface area contributed by atoms with Gasteiger partial charge >= 0.3 is 0 Å². The first-order valence-electron chi connectivity index (χ1n) is 21.8. The molecule has 8 aromatic carbocycles. The van der Waals surface area contributed by atoms with Crippen LogP contribution in [0.3, 0.4) is 0 Å². The van der Waals surface area contributed by atoms with Crippen molar-refractivity contribution in [3.63, 3.8) is 0 Å². The second-order valence-corrected chi connectivity index (χ2v) is 12.9. The van der Waals surface area contributed by atoms with Crippen LogP contribution in [0, 0.1) is 0 Å². The Kier molecular flexibility index (Phi) is 5.06. The third-order valence-electron chi connectivity index (χ3n) is 9.66. The van der Waals surface area contributed by atoms with Gasteiger partial charge < -0.3 is 8.83 Å². The summed E-state index contributed by atoms with van der Waals surface area (Å²) >= 11 is 0. The normalized spacial score (nSPS) is 14.0. The van der Waals surface area contributed by atoms with E-state index in [-0.39, 0.29) is 44.3 Å². The molecule has 54 heavy (non-hydrogen) atoms. The Bertz CT molecular complexity index is 3720. The Labute approximate surface area is 322 Å². The first kappa shape index (κ1) is 22.5. The number of benzene rings is 8. The van der Waals surface area contributed by atoms with Gasteiger partial charge in [-0.1, -0.05) is 151 Å². The summed E-state index contributed by atoms with van der Waals surface area (Å²) in [6, 6.07) is 34.5. The van der Waals surface area contributed by atoms with Gasteiger partial charge in [-0.05, 0) is 46.3 Å². The van der Waals surface area contributed by atoms with E-state index in [9.17, 15) is 0 Å². The Morgan fingerprint density at radius 2 is 1.00 bits per heavy atom. The average molecular weight is 701 g/mol. The van der Waals surface area contributed by atoms with Crippen LogP contribution >= 0.6 is 0 Å². The summed E-state index contributed by atoms with van der Waals surface area (Å²) in [4.78, 5) is 14.9. The Hall–Kier alpha value is -7.37. The van der Waals surface area contributed by atoms with Crippen LogP contribution in [0.1, 0.15) is 12.3 Å². The van der Waals surface area contributed by atoms with Crippen molar-refractivity contribution in [2.45, 2.75) is 0 Å². The van der Waals surface area contributed by atoms with Crippen LogP contribution in [0.15, 0.2) is 185 Å².